The fourth-order valence-corrected chi connectivity index (χ4v) is 0.478. The minimum atomic E-state index is 0.00866. The van der Waals surface area contributed by atoms with E-state index in [9.17, 15) is 5.21 Å². The molecule has 0 aromatic rings. The third-order valence-corrected chi connectivity index (χ3v) is 0.877. The van der Waals surface area contributed by atoms with Crippen LogP contribution in [0, 0.1) is 5.21 Å². The van der Waals surface area contributed by atoms with Gasteiger partial charge < -0.3 is 10.3 Å². The zero-order valence-corrected chi connectivity index (χ0v) is 6.45. The van der Waals surface area contributed by atoms with Crippen molar-refractivity contribution in [3.63, 3.8) is 0 Å². The summed E-state index contributed by atoms with van der Waals surface area (Å²) in [4.78, 5) is 0. The highest BCUT2D eigenvalue weighted by molar-refractivity contribution is 5.15. The second-order valence-electron chi connectivity index (χ2n) is 1.89. The maximum Gasteiger partial charge on any atom is 0.171 e. The number of hydrogen-bond donors (Lipinski definition) is 1. The maximum absolute atomic E-state index is 10.2. The van der Waals surface area contributed by atoms with Gasteiger partial charge >= 0.3 is 0 Å². The van der Waals surface area contributed by atoms with Gasteiger partial charge in [0.15, 0.2) is 12.3 Å². The van der Waals surface area contributed by atoms with Crippen LogP contribution in [-0.4, -0.2) is 23.1 Å². The molecule has 11 heavy (non-hydrogen) atoms. The SMILES string of the molecule is C=[N+]([O-])C/C=C\C(O)=C=CC. The van der Waals surface area contributed by atoms with E-state index < -0.39 is 0 Å². The van der Waals surface area contributed by atoms with Gasteiger partial charge in [-0.15, -0.1) is 0 Å². The highest BCUT2D eigenvalue weighted by Gasteiger charge is 1.82. The van der Waals surface area contributed by atoms with Crippen LogP contribution in [0.3, 0.4) is 0 Å². The standard InChI is InChI=1S/C8H11NO2/c1-3-5-8(10)6-4-7-9(2)11/h3-4,6,10H,2,7H2,1H3/b6-4-. The summed E-state index contributed by atoms with van der Waals surface area (Å²) in [6, 6.07) is 0. The van der Waals surface area contributed by atoms with Crippen molar-refractivity contribution in [2.24, 2.45) is 0 Å². The first-order chi connectivity index (χ1) is 5.16. The molecule has 1 N–H and O–H groups in total. The average molecular weight is 153 g/mol. The summed E-state index contributed by atoms with van der Waals surface area (Å²) in [7, 11) is 0. The Morgan fingerprint density at radius 2 is 2.45 bits per heavy atom. The first-order valence-electron chi connectivity index (χ1n) is 3.18. The second-order valence-corrected chi connectivity index (χ2v) is 1.89. The lowest BCUT2D eigenvalue weighted by Crippen LogP contribution is -1.97. The van der Waals surface area contributed by atoms with Gasteiger partial charge in [0.25, 0.3) is 0 Å². The Balaban J connectivity index is 3.94. The van der Waals surface area contributed by atoms with Crippen LogP contribution in [0.5, 0.6) is 0 Å². The van der Waals surface area contributed by atoms with Crippen LogP contribution < -0.4 is 0 Å². The number of allylic oxidation sites excluding steroid dienone is 1. The quantitative estimate of drug-likeness (QED) is 0.127. The van der Waals surface area contributed by atoms with Crippen LogP contribution in [0.4, 0.5) is 0 Å². The van der Waals surface area contributed by atoms with E-state index in [-0.39, 0.29) is 12.3 Å². The van der Waals surface area contributed by atoms with Gasteiger partial charge in [-0.1, -0.05) is 5.73 Å². The van der Waals surface area contributed by atoms with Crippen molar-refractivity contribution in [2.45, 2.75) is 6.92 Å². The summed E-state index contributed by atoms with van der Waals surface area (Å²) in [5.74, 6) is 0.00866. The second kappa shape index (κ2) is 5.33. The van der Waals surface area contributed by atoms with Gasteiger partial charge in [0.2, 0.25) is 0 Å². The highest BCUT2D eigenvalue weighted by atomic mass is 16.5. The Hall–Kier alpha value is -1.47. The van der Waals surface area contributed by atoms with Crippen LogP contribution in [0.25, 0.3) is 0 Å². The molecule has 0 bridgehead atoms. The Labute approximate surface area is 65.9 Å². The number of aliphatic hydroxyl groups is 1. The molecule has 0 heterocycles. The normalized spacial score (nSPS) is 9.18. The van der Waals surface area contributed by atoms with Gasteiger partial charge in [-0.2, -0.15) is 0 Å². The van der Waals surface area contributed by atoms with Crippen molar-refractivity contribution >= 4 is 6.72 Å². The predicted octanol–water partition coefficient (Wildman–Crippen LogP) is 1.37. The summed E-state index contributed by atoms with van der Waals surface area (Å²) < 4.78 is 0.513. The van der Waals surface area contributed by atoms with E-state index in [1.807, 2.05) is 0 Å². The molecule has 60 valence electrons. The Morgan fingerprint density at radius 1 is 1.82 bits per heavy atom. The molecule has 0 fully saturated rings. The lowest BCUT2D eigenvalue weighted by atomic mass is 10.4. The minimum Gasteiger partial charge on any atom is -0.624 e. The Bertz CT molecular complexity index is 222. The molecule has 0 aliphatic carbocycles. The third-order valence-electron chi connectivity index (χ3n) is 0.877. The van der Waals surface area contributed by atoms with Crippen molar-refractivity contribution in [1.29, 1.82) is 0 Å². The van der Waals surface area contributed by atoms with E-state index in [4.69, 9.17) is 5.11 Å². The van der Waals surface area contributed by atoms with Crippen molar-refractivity contribution in [2.75, 3.05) is 6.54 Å². The summed E-state index contributed by atoms with van der Waals surface area (Å²) in [6.07, 6.45) is 4.49. The number of hydrogen-bond acceptors (Lipinski definition) is 2. The molecule has 0 aliphatic rings. The highest BCUT2D eigenvalue weighted by Crippen LogP contribution is 1.86. The van der Waals surface area contributed by atoms with Crippen LogP contribution in [0.1, 0.15) is 6.92 Å². The van der Waals surface area contributed by atoms with Crippen LogP contribution >= 0.6 is 0 Å². The van der Waals surface area contributed by atoms with E-state index in [2.05, 4.69) is 12.4 Å². The molecule has 3 heteroatoms. The molecule has 0 aliphatic heterocycles. The third kappa shape index (κ3) is 6.41. The lowest BCUT2D eigenvalue weighted by molar-refractivity contribution is -0.436. The monoisotopic (exact) mass is 153 g/mol. The minimum absolute atomic E-state index is 0.00866. The molecule has 0 amide bonds. The molecule has 0 saturated carbocycles. The van der Waals surface area contributed by atoms with Gasteiger partial charge in [0, 0.05) is 0 Å². The van der Waals surface area contributed by atoms with Crippen molar-refractivity contribution in [3.05, 3.63) is 34.9 Å². The van der Waals surface area contributed by atoms with Crippen molar-refractivity contribution < 1.29 is 9.85 Å². The largest absolute Gasteiger partial charge is 0.624 e. The van der Waals surface area contributed by atoms with Crippen molar-refractivity contribution in [1.82, 2.24) is 0 Å². The molecule has 0 saturated heterocycles. The van der Waals surface area contributed by atoms with Crippen LogP contribution in [0.2, 0.25) is 0 Å². The van der Waals surface area contributed by atoms with Crippen molar-refractivity contribution in [3.8, 4) is 0 Å². The summed E-state index contributed by atoms with van der Waals surface area (Å²) >= 11 is 0. The topological polar surface area (TPSA) is 46.3 Å². The van der Waals surface area contributed by atoms with E-state index in [1.54, 1.807) is 13.0 Å². The summed E-state index contributed by atoms with van der Waals surface area (Å²) in [5.41, 5.74) is 2.54. The molecule has 3 nitrogen and oxygen atoms in total. The summed E-state index contributed by atoms with van der Waals surface area (Å²) in [6.45, 7) is 4.99. The van der Waals surface area contributed by atoms with Gasteiger partial charge in [0.1, 0.15) is 6.72 Å². The van der Waals surface area contributed by atoms with Crippen LogP contribution in [-0.2, 0) is 0 Å². The van der Waals surface area contributed by atoms with Crippen LogP contribution in [0.15, 0.2) is 29.7 Å². The Kier molecular flexibility index (Phi) is 4.61. The fourth-order valence-electron chi connectivity index (χ4n) is 0.478. The zero-order chi connectivity index (χ0) is 8.69. The molecule has 0 aromatic carbocycles. The van der Waals surface area contributed by atoms with Gasteiger partial charge in [-0.3, -0.25) is 0 Å². The zero-order valence-electron chi connectivity index (χ0n) is 6.45. The number of aliphatic hydroxyl groups excluding tert-OH is 1. The number of hydroxylamine groups is 1. The van der Waals surface area contributed by atoms with Gasteiger partial charge in [0.05, 0.1) is 0 Å². The fraction of sp³-hybridized carbons (Fsp3) is 0.250. The molecule has 0 atom stereocenters. The smallest absolute Gasteiger partial charge is 0.171 e. The van der Waals surface area contributed by atoms with E-state index >= 15 is 0 Å². The van der Waals surface area contributed by atoms with E-state index in [0.29, 0.717) is 4.74 Å². The molecule has 0 aromatic heterocycles. The molecule has 0 radical (unpaired) electrons. The molecular formula is C8H11NO2. The Morgan fingerprint density at radius 3 is 2.91 bits per heavy atom. The predicted molar refractivity (Wildman–Crippen MR) is 44.7 cm³/mol. The molecule has 0 unspecified atom stereocenters. The molecular weight excluding hydrogens is 142 g/mol. The first kappa shape index (κ1) is 9.53. The lowest BCUT2D eigenvalue weighted by Gasteiger charge is -1.93. The molecule has 0 spiro atoms. The maximum atomic E-state index is 10.2. The average Bonchev–Trinajstić information content (AvgIpc) is 1.87. The molecule has 0 rings (SSSR count). The number of nitrogens with zero attached hydrogens (tertiary/aromatic N) is 1. The number of rotatable bonds is 3. The first-order valence-corrected chi connectivity index (χ1v) is 3.18. The van der Waals surface area contributed by atoms with Gasteiger partial charge in [-0.05, 0) is 25.2 Å². The van der Waals surface area contributed by atoms with E-state index in [0.717, 1.165) is 0 Å². The van der Waals surface area contributed by atoms with Gasteiger partial charge in [-0.25, -0.2) is 4.74 Å². The van der Waals surface area contributed by atoms with E-state index in [1.165, 1.54) is 12.2 Å². The summed E-state index contributed by atoms with van der Waals surface area (Å²) in [5, 5.41) is 19.1.